The molecule has 140 valence electrons. The van der Waals surface area contributed by atoms with E-state index in [0.717, 1.165) is 6.42 Å². The molecule has 26 heavy (non-hydrogen) atoms. The molecule has 1 aliphatic rings. The van der Waals surface area contributed by atoms with Crippen LogP contribution in [0, 0.1) is 16.0 Å². The molecule has 0 radical (unpaired) electrons. The number of carboxylic acids is 2. The van der Waals surface area contributed by atoms with Crippen molar-refractivity contribution in [3.8, 4) is 0 Å². The van der Waals surface area contributed by atoms with Crippen LogP contribution in [0.25, 0.3) is 0 Å². The molecule has 3 N–H and O–H groups in total. The van der Waals surface area contributed by atoms with Crippen LogP contribution >= 0.6 is 0 Å². The van der Waals surface area contributed by atoms with Gasteiger partial charge in [-0.25, -0.2) is 4.79 Å². The van der Waals surface area contributed by atoms with Gasteiger partial charge in [-0.3, -0.25) is 14.9 Å². The molecule has 1 unspecified atom stereocenters. The zero-order valence-corrected chi connectivity index (χ0v) is 14.5. The first-order valence-electron chi connectivity index (χ1n) is 7.94. The van der Waals surface area contributed by atoms with Crippen molar-refractivity contribution >= 4 is 17.6 Å². The molecular weight excluding hydrogens is 342 g/mol. The van der Waals surface area contributed by atoms with Crippen molar-refractivity contribution in [2.24, 2.45) is 5.92 Å². The lowest BCUT2D eigenvalue weighted by atomic mass is 9.65. The first-order valence-corrected chi connectivity index (χ1v) is 7.94. The Balaban J connectivity index is 0.000000765. The van der Waals surface area contributed by atoms with E-state index in [-0.39, 0.29) is 16.8 Å². The summed E-state index contributed by atoms with van der Waals surface area (Å²) >= 11 is 0. The van der Waals surface area contributed by atoms with Gasteiger partial charge in [-0.15, -0.1) is 0 Å². The SMILES string of the molecule is CC1C(C(=O)O)=CC=C[C@@]1(C(=O)O)c1ccccc1[N+](=O)[O-].CCCO. The molecule has 1 aliphatic carbocycles. The number of nitrogens with zero attached hydrogens (tertiary/aromatic N) is 1. The van der Waals surface area contributed by atoms with E-state index in [2.05, 4.69) is 0 Å². The Morgan fingerprint density at radius 1 is 1.27 bits per heavy atom. The van der Waals surface area contributed by atoms with Crippen molar-refractivity contribution in [1.82, 2.24) is 0 Å². The van der Waals surface area contributed by atoms with Gasteiger partial charge in [0.25, 0.3) is 5.69 Å². The zero-order chi connectivity index (χ0) is 19.9. The number of rotatable bonds is 5. The summed E-state index contributed by atoms with van der Waals surface area (Å²) in [5.74, 6) is -3.55. The predicted molar refractivity (Wildman–Crippen MR) is 93.8 cm³/mol. The van der Waals surface area contributed by atoms with Gasteiger partial charge in [0, 0.05) is 24.2 Å². The molecule has 8 nitrogen and oxygen atoms in total. The lowest BCUT2D eigenvalue weighted by Gasteiger charge is -2.34. The van der Waals surface area contributed by atoms with Crippen LogP contribution in [0.15, 0.2) is 48.1 Å². The second-order valence-electron chi connectivity index (χ2n) is 5.68. The molecule has 0 aliphatic heterocycles. The Bertz CT molecular complexity index is 752. The number of carbonyl (C=O) groups is 2. The van der Waals surface area contributed by atoms with Gasteiger partial charge >= 0.3 is 11.9 Å². The Morgan fingerprint density at radius 3 is 2.31 bits per heavy atom. The van der Waals surface area contributed by atoms with Crippen molar-refractivity contribution in [2.75, 3.05) is 6.61 Å². The van der Waals surface area contributed by atoms with Crippen LogP contribution in [0.4, 0.5) is 5.69 Å². The number of aliphatic hydroxyl groups is 1. The molecule has 0 spiro atoms. The average Bonchev–Trinajstić information content (AvgIpc) is 2.61. The number of hydrogen-bond donors (Lipinski definition) is 3. The zero-order valence-electron chi connectivity index (χ0n) is 14.5. The van der Waals surface area contributed by atoms with Crippen molar-refractivity contribution in [3.63, 3.8) is 0 Å². The smallest absolute Gasteiger partial charge is 0.331 e. The Hall–Kier alpha value is -3.00. The van der Waals surface area contributed by atoms with E-state index in [1.54, 1.807) is 0 Å². The second kappa shape index (κ2) is 8.91. The first-order chi connectivity index (χ1) is 12.2. The minimum absolute atomic E-state index is 0.0388. The number of allylic oxidation sites excluding steroid dienone is 2. The first kappa shape index (κ1) is 21.0. The normalized spacial score (nSPS) is 21.2. The molecule has 1 aromatic carbocycles. The molecule has 2 rings (SSSR count). The molecule has 2 atom stereocenters. The van der Waals surface area contributed by atoms with E-state index < -0.39 is 28.2 Å². The highest BCUT2D eigenvalue weighted by Crippen LogP contribution is 2.44. The summed E-state index contributed by atoms with van der Waals surface area (Å²) in [6, 6.07) is 5.48. The summed E-state index contributed by atoms with van der Waals surface area (Å²) in [7, 11) is 0. The molecule has 0 bridgehead atoms. The average molecular weight is 363 g/mol. The highest BCUT2D eigenvalue weighted by Gasteiger charge is 2.50. The summed E-state index contributed by atoms with van der Waals surface area (Å²) in [4.78, 5) is 33.8. The topological polar surface area (TPSA) is 138 Å². The summed E-state index contributed by atoms with van der Waals surface area (Å²) in [6.45, 7) is 3.69. The molecule has 0 heterocycles. The molecule has 0 saturated carbocycles. The van der Waals surface area contributed by atoms with Gasteiger partial charge in [0.1, 0.15) is 5.41 Å². The van der Waals surface area contributed by atoms with Gasteiger partial charge in [-0.05, 0) is 6.42 Å². The summed E-state index contributed by atoms with van der Waals surface area (Å²) in [5.41, 5.74) is -2.30. The van der Waals surface area contributed by atoms with Crippen molar-refractivity contribution in [1.29, 1.82) is 0 Å². The van der Waals surface area contributed by atoms with Gasteiger partial charge < -0.3 is 15.3 Å². The van der Waals surface area contributed by atoms with Crippen molar-refractivity contribution in [2.45, 2.75) is 25.7 Å². The van der Waals surface area contributed by atoms with E-state index in [1.807, 2.05) is 6.92 Å². The van der Waals surface area contributed by atoms with Crippen LogP contribution < -0.4 is 0 Å². The summed E-state index contributed by atoms with van der Waals surface area (Å²) < 4.78 is 0. The third-order valence-corrected chi connectivity index (χ3v) is 4.16. The van der Waals surface area contributed by atoms with Gasteiger partial charge in [0.05, 0.1) is 10.5 Å². The molecule has 0 saturated heterocycles. The number of nitro benzene ring substituents is 1. The van der Waals surface area contributed by atoms with E-state index in [9.17, 15) is 29.9 Å². The van der Waals surface area contributed by atoms with Crippen LogP contribution in [0.5, 0.6) is 0 Å². The quantitative estimate of drug-likeness (QED) is 0.539. The van der Waals surface area contributed by atoms with Crippen LogP contribution in [0.3, 0.4) is 0 Å². The molecule has 0 amide bonds. The molecule has 1 aromatic rings. The molecular formula is C18H21NO7. The largest absolute Gasteiger partial charge is 0.480 e. The number of carboxylic acid groups (broad SMARTS) is 2. The van der Waals surface area contributed by atoms with E-state index >= 15 is 0 Å². The third-order valence-electron chi connectivity index (χ3n) is 4.16. The van der Waals surface area contributed by atoms with Crippen molar-refractivity contribution < 1.29 is 29.8 Å². The number of hydrogen-bond acceptors (Lipinski definition) is 5. The maximum Gasteiger partial charge on any atom is 0.331 e. The maximum absolute atomic E-state index is 11.9. The Kier molecular flexibility index (Phi) is 7.21. The molecule has 0 fully saturated rings. The highest BCUT2D eigenvalue weighted by atomic mass is 16.6. The Labute approximate surface area is 150 Å². The maximum atomic E-state index is 11.9. The lowest BCUT2D eigenvalue weighted by molar-refractivity contribution is -0.386. The highest BCUT2D eigenvalue weighted by molar-refractivity contribution is 5.94. The Morgan fingerprint density at radius 2 is 1.85 bits per heavy atom. The minimum atomic E-state index is -1.80. The van der Waals surface area contributed by atoms with Crippen LogP contribution in [-0.4, -0.2) is 38.8 Å². The standard InChI is InChI=1S/C15H13NO6.C3H8O/c1-9-10(13(17)18)5-4-8-15(9,14(19)20)11-6-2-3-7-12(11)16(21)22;1-2-3-4/h2-9H,1H3,(H,17,18)(H,19,20);4H,2-3H2,1H3/t9?,15-;/m0./s1. The molecule has 8 heteroatoms. The van der Waals surface area contributed by atoms with Crippen molar-refractivity contribution in [3.05, 3.63) is 63.7 Å². The van der Waals surface area contributed by atoms with E-state index in [4.69, 9.17) is 5.11 Å². The minimum Gasteiger partial charge on any atom is -0.480 e. The molecule has 0 aromatic heterocycles. The van der Waals surface area contributed by atoms with Gasteiger partial charge in [-0.1, -0.05) is 50.3 Å². The third kappa shape index (κ3) is 3.97. The van der Waals surface area contributed by atoms with Gasteiger partial charge in [0.15, 0.2) is 0 Å². The van der Waals surface area contributed by atoms with Gasteiger partial charge in [-0.2, -0.15) is 0 Å². The number of benzene rings is 1. The number of aliphatic carboxylic acids is 2. The summed E-state index contributed by atoms with van der Waals surface area (Å²) in [6.07, 6.45) is 4.80. The van der Waals surface area contributed by atoms with E-state index in [0.29, 0.717) is 6.61 Å². The van der Waals surface area contributed by atoms with Crippen LogP contribution in [0.2, 0.25) is 0 Å². The lowest BCUT2D eigenvalue weighted by Crippen LogP contribution is -2.43. The number of para-hydroxylation sites is 1. The fourth-order valence-corrected chi connectivity index (χ4v) is 2.77. The van der Waals surface area contributed by atoms with Crippen LogP contribution in [-0.2, 0) is 15.0 Å². The number of nitro groups is 1. The predicted octanol–water partition coefficient (Wildman–Crippen LogP) is 2.52. The number of aliphatic hydroxyl groups excluding tert-OH is 1. The fourth-order valence-electron chi connectivity index (χ4n) is 2.77. The monoisotopic (exact) mass is 363 g/mol. The van der Waals surface area contributed by atoms with Crippen LogP contribution in [0.1, 0.15) is 25.8 Å². The fraction of sp³-hybridized carbons (Fsp3) is 0.333. The second-order valence-corrected chi connectivity index (χ2v) is 5.68. The van der Waals surface area contributed by atoms with Gasteiger partial charge in [0.2, 0.25) is 0 Å². The summed E-state index contributed by atoms with van der Waals surface area (Å²) in [5, 5.41) is 38.0. The van der Waals surface area contributed by atoms with E-state index in [1.165, 1.54) is 49.4 Å².